The van der Waals surface area contributed by atoms with Crippen molar-refractivity contribution in [1.29, 1.82) is 5.26 Å². The minimum atomic E-state index is -0.711. The fourth-order valence-corrected chi connectivity index (χ4v) is 2.74. The maximum atomic E-state index is 9.55. The van der Waals surface area contributed by atoms with E-state index >= 15 is 0 Å². The maximum absolute atomic E-state index is 9.55. The van der Waals surface area contributed by atoms with Gasteiger partial charge in [0.1, 0.15) is 11.9 Å². The zero-order valence-corrected chi connectivity index (χ0v) is 11.4. The highest BCUT2D eigenvalue weighted by molar-refractivity contribution is 7.99. The van der Waals surface area contributed by atoms with E-state index in [-0.39, 0.29) is 0 Å². The van der Waals surface area contributed by atoms with Gasteiger partial charge >= 0.3 is 0 Å². The Labute approximate surface area is 116 Å². The van der Waals surface area contributed by atoms with Crippen molar-refractivity contribution in [1.82, 2.24) is 15.3 Å². The van der Waals surface area contributed by atoms with Crippen molar-refractivity contribution in [3.05, 3.63) is 54.5 Å². The highest BCUT2D eigenvalue weighted by atomic mass is 32.2. The number of benzene rings is 1. The van der Waals surface area contributed by atoms with E-state index in [4.69, 9.17) is 0 Å². The Balaban J connectivity index is 2.20. The first-order valence-corrected chi connectivity index (χ1v) is 6.84. The van der Waals surface area contributed by atoms with Gasteiger partial charge in [-0.1, -0.05) is 30.3 Å². The first-order valence-electron chi connectivity index (χ1n) is 5.85. The minimum absolute atomic E-state index is 0.584. The van der Waals surface area contributed by atoms with E-state index in [1.807, 2.05) is 36.4 Å². The number of hydrogen-bond donors (Lipinski definition) is 1. The first-order chi connectivity index (χ1) is 9.30. The zero-order valence-electron chi connectivity index (χ0n) is 10.6. The lowest BCUT2D eigenvalue weighted by Gasteiger charge is -2.26. The molecule has 4 nitrogen and oxygen atoms in total. The van der Waals surface area contributed by atoms with E-state index in [0.29, 0.717) is 5.75 Å². The van der Waals surface area contributed by atoms with E-state index in [1.165, 1.54) is 18.1 Å². The van der Waals surface area contributed by atoms with Crippen LogP contribution in [0.3, 0.4) is 0 Å². The van der Waals surface area contributed by atoms with Crippen LogP contribution in [0.5, 0.6) is 0 Å². The molecule has 0 fully saturated rings. The standard InChI is InChI=1S/C14H14N4S/c1-16-14(9-15,12-5-3-2-4-6-12)10-19-13-7-8-17-11-18-13/h2-8,11,16H,10H2,1H3. The van der Waals surface area contributed by atoms with E-state index in [1.54, 1.807) is 13.2 Å². The monoisotopic (exact) mass is 270 g/mol. The zero-order chi connectivity index (χ0) is 13.6. The van der Waals surface area contributed by atoms with Gasteiger partial charge < -0.3 is 0 Å². The van der Waals surface area contributed by atoms with Crippen LogP contribution in [-0.4, -0.2) is 22.8 Å². The van der Waals surface area contributed by atoms with Crippen LogP contribution in [0, 0.1) is 11.3 Å². The third kappa shape index (κ3) is 3.11. The van der Waals surface area contributed by atoms with Crippen molar-refractivity contribution in [2.75, 3.05) is 12.8 Å². The summed E-state index contributed by atoms with van der Waals surface area (Å²) in [4.78, 5) is 8.04. The van der Waals surface area contributed by atoms with Crippen LogP contribution < -0.4 is 5.32 Å². The average Bonchev–Trinajstić information content (AvgIpc) is 2.51. The van der Waals surface area contributed by atoms with Crippen molar-refractivity contribution in [2.24, 2.45) is 0 Å². The van der Waals surface area contributed by atoms with E-state index in [2.05, 4.69) is 21.4 Å². The van der Waals surface area contributed by atoms with Gasteiger partial charge in [-0.2, -0.15) is 5.26 Å². The Kier molecular flexibility index (Phi) is 4.50. The third-order valence-electron chi connectivity index (χ3n) is 2.88. The summed E-state index contributed by atoms with van der Waals surface area (Å²) < 4.78 is 0. The number of hydrogen-bond acceptors (Lipinski definition) is 5. The molecule has 0 saturated carbocycles. The molecule has 0 bridgehead atoms. The molecule has 0 aliphatic heterocycles. The Hall–Kier alpha value is -1.90. The second-order valence-electron chi connectivity index (χ2n) is 3.97. The molecule has 2 aromatic rings. The van der Waals surface area contributed by atoms with Crippen molar-refractivity contribution < 1.29 is 0 Å². The molecular weight excluding hydrogens is 256 g/mol. The van der Waals surface area contributed by atoms with Crippen molar-refractivity contribution >= 4 is 11.8 Å². The number of thioether (sulfide) groups is 1. The molecular formula is C14H14N4S. The molecule has 0 aliphatic carbocycles. The van der Waals surface area contributed by atoms with Crippen LogP contribution in [0.15, 0.2) is 53.9 Å². The fourth-order valence-electron chi connectivity index (χ4n) is 1.72. The lowest BCUT2D eigenvalue weighted by atomic mass is 9.94. The van der Waals surface area contributed by atoms with Gasteiger partial charge in [0, 0.05) is 11.9 Å². The highest BCUT2D eigenvalue weighted by Gasteiger charge is 2.30. The van der Waals surface area contributed by atoms with Crippen LogP contribution in [0.2, 0.25) is 0 Å². The summed E-state index contributed by atoms with van der Waals surface area (Å²) in [6.45, 7) is 0. The van der Waals surface area contributed by atoms with Crippen LogP contribution in [0.4, 0.5) is 0 Å². The predicted octanol–water partition coefficient (Wildman–Crippen LogP) is 2.21. The number of nitriles is 1. The molecule has 0 amide bonds. The summed E-state index contributed by atoms with van der Waals surface area (Å²) in [5.74, 6) is 0.584. The first kappa shape index (κ1) is 13.5. The largest absolute Gasteiger partial charge is 0.298 e. The van der Waals surface area contributed by atoms with Crippen LogP contribution in [-0.2, 0) is 5.54 Å². The Morgan fingerprint density at radius 3 is 2.68 bits per heavy atom. The summed E-state index contributed by atoms with van der Waals surface area (Å²) in [5.41, 5.74) is 0.248. The van der Waals surface area contributed by atoms with Crippen molar-refractivity contribution in [3.8, 4) is 6.07 Å². The summed E-state index contributed by atoms with van der Waals surface area (Å²) >= 11 is 1.54. The third-order valence-corrected chi connectivity index (χ3v) is 3.99. The SMILES string of the molecule is CNC(C#N)(CSc1ccncn1)c1ccccc1. The molecule has 19 heavy (non-hydrogen) atoms. The van der Waals surface area contributed by atoms with Gasteiger partial charge in [0.25, 0.3) is 0 Å². The number of aromatic nitrogens is 2. The lowest BCUT2D eigenvalue weighted by molar-refractivity contribution is 0.528. The smallest absolute Gasteiger partial charge is 0.141 e. The summed E-state index contributed by atoms with van der Waals surface area (Å²) in [5, 5.41) is 13.5. The molecule has 0 radical (unpaired) electrons. The molecule has 1 aromatic heterocycles. The Bertz CT molecular complexity index is 553. The van der Waals surface area contributed by atoms with E-state index in [0.717, 1.165) is 10.6 Å². The van der Waals surface area contributed by atoms with Gasteiger partial charge in [0.15, 0.2) is 0 Å². The topological polar surface area (TPSA) is 61.6 Å². The average molecular weight is 270 g/mol. The molecule has 0 spiro atoms. The molecule has 96 valence electrons. The Morgan fingerprint density at radius 2 is 2.11 bits per heavy atom. The number of nitrogens with zero attached hydrogens (tertiary/aromatic N) is 3. The van der Waals surface area contributed by atoms with Crippen molar-refractivity contribution in [3.63, 3.8) is 0 Å². The molecule has 2 rings (SSSR count). The van der Waals surface area contributed by atoms with Gasteiger partial charge in [0.05, 0.1) is 11.1 Å². The van der Waals surface area contributed by atoms with Crippen molar-refractivity contribution in [2.45, 2.75) is 10.6 Å². The molecule has 1 unspecified atom stereocenters. The summed E-state index contributed by atoms with van der Waals surface area (Å²) in [7, 11) is 1.80. The predicted molar refractivity (Wildman–Crippen MR) is 75.5 cm³/mol. The lowest BCUT2D eigenvalue weighted by Crippen LogP contribution is -2.41. The molecule has 1 aromatic carbocycles. The molecule has 1 heterocycles. The van der Waals surface area contributed by atoms with Gasteiger partial charge in [-0.05, 0) is 18.7 Å². The molecule has 0 saturated heterocycles. The summed E-state index contributed by atoms with van der Waals surface area (Å²) in [6.07, 6.45) is 3.21. The summed E-state index contributed by atoms with van der Waals surface area (Å²) in [6, 6.07) is 14.0. The van der Waals surface area contributed by atoms with Gasteiger partial charge in [-0.3, -0.25) is 5.32 Å². The number of nitrogens with one attached hydrogen (secondary N) is 1. The van der Waals surface area contributed by atoms with Gasteiger partial charge in [-0.25, -0.2) is 9.97 Å². The Morgan fingerprint density at radius 1 is 1.32 bits per heavy atom. The number of rotatable bonds is 5. The molecule has 1 atom stereocenters. The molecule has 1 N–H and O–H groups in total. The molecule has 5 heteroatoms. The second kappa shape index (κ2) is 6.32. The van der Waals surface area contributed by atoms with Crippen LogP contribution in [0.25, 0.3) is 0 Å². The second-order valence-corrected chi connectivity index (χ2v) is 4.97. The van der Waals surface area contributed by atoms with Gasteiger partial charge in [0.2, 0.25) is 0 Å². The fraction of sp³-hybridized carbons (Fsp3) is 0.214. The van der Waals surface area contributed by atoms with Crippen LogP contribution >= 0.6 is 11.8 Å². The molecule has 0 aliphatic rings. The van der Waals surface area contributed by atoms with E-state index < -0.39 is 5.54 Å². The highest BCUT2D eigenvalue weighted by Crippen LogP contribution is 2.27. The quantitative estimate of drug-likeness (QED) is 0.666. The minimum Gasteiger partial charge on any atom is -0.298 e. The van der Waals surface area contributed by atoms with E-state index in [9.17, 15) is 5.26 Å². The van der Waals surface area contributed by atoms with Crippen LogP contribution in [0.1, 0.15) is 5.56 Å². The normalized spacial score (nSPS) is 13.5. The maximum Gasteiger partial charge on any atom is 0.141 e. The van der Waals surface area contributed by atoms with Gasteiger partial charge in [-0.15, -0.1) is 11.8 Å².